The van der Waals surface area contributed by atoms with E-state index in [1.54, 1.807) is 0 Å². The van der Waals surface area contributed by atoms with Crippen molar-refractivity contribution in [3.63, 3.8) is 0 Å². The van der Waals surface area contributed by atoms with Gasteiger partial charge >= 0.3 is 0 Å². The summed E-state index contributed by atoms with van der Waals surface area (Å²) >= 11 is 0. The molecule has 1 aromatic rings. The molecule has 15 heavy (non-hydrogen) atoms. The summed E-state index contributed by atoms with van der Waals surface area (Å²) in [5, 5.41) is 0. The van der Waals surface area contributed by atoms with Gasteiger partial charge in [-0.2, -0.15) is 0 Å². The van der Waals surface area contributed by atoms with Gasteiger partial charge in [0.1, 0.15) is 0 Å². The topological polar surface area (TPSA) is 0 Å². The maximum atomic E-state index is 2.41. The van der Waals surface area contributed by atoms with Crippen LogP contribution in [0.15, 0.2) is 36.4 Å². The molecule has 0 heterocycles. The highest BCUT2D eigenvalue weighted by molar-refractivity contribution is 5.29. The molecule has 2 rings (SSSR count). The highest BCUT2D eigenvalue weighted by Gasteiger charge is 2.21. The summed E-state index contributed by atoms with van der Waals surface area (Å²) in [4.78, 5) is 0. The molecule has 0 fully saturated rings. The molecule has 0 saturated heterocycles. The second kappa shape index (κ2) is 4.65. The smallest absolute Gasteiger partial charge is 0.00462 e. The molecule has 0 bridgehead atoms. The Morgan fingerprint density at radius 2 is 1.93 bits per heavy atom. The van der Waals surface area contributed by atoms with Crippen LogP contribution in [0, 0.1) is 12.8 Å². The number of allylic oxidation sites excluding steroid dienone is 2. The number of aryl methyl sites for hydroxylation is 1. The SMILES string of the molecule is CCC1CCC=CC1c1ccc(C)cc1. The average Bonchev–Trinajstić information content (AvgIpc) is 2.30. The Balaban J connectivity index is 2.24. The third kappa shape index (κ3) is 2.31. The van der Waals surface area contributed by atoms with Crippen LogP contribution in [0.4, 0.5) is 0 Å². The second-order valence-electron chi connectivity index (χ2n) is 4.61. The Labute approximate surface area is 93.0 Å². The van der Waals surface area contributed by atoms with E-state index < -0.39 is 0 Å². The van der Waals surface area contributed by atoms with E-state index in [9.17, 15) is 0 Å². The number of hydrogen-bond donors (Lipinski definition) is 0. The summed E-state index contributed by atoms with van der Waals surface area (Å²) in [5.41, 5.74) is 2.84. The van der Waals surface area contributed by atoms with Gasteiger partial charge in [0.25, 0.3) is 0 Å². The molecule has 0 amide bonds. The monoisotopic (exact) mass is 200 g/mol. The van der Waals surface area contributed by atoms with Crippen LogP contribution < -0.4 is 0 Å². The molecule has 0 N–H and O–H groups in total. The van der Waals surface area contributed by atoms with Crippen LogP contribution in [0.3, 0.4) is 0 Å². The van der Waals surface area contributed by atoms with E-state index in [1.165, 1.54) is 30.4 Å². The molecule has 0 nitrogen and oxygen atoms in total. The highest BCUT2D eigenvalue weighted by atomic mass is 14.3. The first-order valence-electron chi connectivity index (χ1n) is 6.04. The van der Waals surface area contributed by atoms with Crippen molar-refractivity contribution >= 4 is 0 Å². The third-order valence-electron chi connectivity index (χ3n) is 3.54. The van der Waals surface area contributed by atoms with Crippen molar-refractivity contribution in [1.82, 2.24) is 0 Å². The highest BCUT2D eigenvalue weighted by Crippen LogP contribution is 2.35. The van der Waals surface area contributed by atoms with E-state index in [1.807, 2.05) is 0 Å². The fourth-order valence-electron chi connectivity index (χ4n) is 2.52. The van der Waals surface area contributed by atoms with Crippen molar-refractivity contribution in [3.8, 4) is 0 Å². The van der Waals surface area contributed by atoms with E-state index in [4.69, 9.17) is 0 Å². The minimum absolute atomic E-state index is 0.657. The molecule has 2 atom stereocenters. The molecule has 0 aromatic heterocycles. The maximum Gasteiger partial charge on any atom is 0.00462 e. The van der Waals surface area contributed by atoms with Crippen molar-refractivity contribution in [3.05, 3.63) is 47.5 Å². The molecule has 0 aliphatic heterocycles. The maximum absolute atomic E-state index is 2.41. The van der Waals surface area contributed by atoms with Gasteiger partial charge in [0.15, 0.2) is 0 Å². The minimum atomic E-state index is 0.657. The zero-order valence-electron chi connectivity index (χ0n) is 9.74. The van der Waals surface area contributed by atoms with E-state index in [2.05, 4.69) is 50.3 Å². The Hall–Kier alpha value is -1.04. The first-order valence-corrected chi connectivity index (χ1v) is 6.04. The largest absolute Gasteiger partial charge is 0.0879 e. The van der Waals surface area contributed by atoms with Crippen molar-refractivity contribution in [2.24, 2.45) is 5.92 Å². The third-order valence-corrected chi connectivity index (χ3v) is 3.54. The van der Waals surface area contributed by atoms with E-state index in [0.29, 0.717) is 5.92 Å². The van der Waals surface area contributed by atoms with Crippen molar-refractivity contribution in [1.29, 1.82) is 0 Å². The van der Waals surface area contributed by atoms with Gasteiger partial charge < -0.3 is 0 Å². The molecule has 80 valence electrons. The van der Waals surface area contributed by atoms with Gasteiger partial charge in [0.05, 0.1) is 0 Å². The van der Waals surface area contributed by atoms with Crippen LogP contribution in [0.25, 0.3) is 0 Å². The van der Waals surface area contributed by atoms with Gasteiger partial charge in [0.2, 0.25) is 0 Å². The van der Waals surface area contributed by atoms with Gasteiger partial charge in [-0.1, -0.05) is 55.3 Å². The summed E-state index contributed by atoms with van der Waals surface area (Å²) in [6.07, 6.45) is 8.66. The lowest BCUT2D eigenvalue weighted by Gasteiger charge is -2.27. The predicted octanol–water partition coefficient (Wildman–Crippen LogP) is 4.45. The first kappa shape index (κ1) is 10.5. The van der Waals surface area contributed by atoms with E-state index in [0.717, 1.165) is 5.92 Å². The van der Waals surface area contributed by atoms with Gasteiger partial charge in [-0.05, 0) is 31.2 Å². The van der Waals surface area contributed by atoms with Crippen molar-refractivity contribution < 1.29 is 0 Å². The Kier molecular flexibility index (Phi) is 3.25. The molecule has 1 aromatic carbocycles. The summed E-state index contributed by atoms with van der Waals surface area (Å²) in [6, 6.07) is 9.03. The lowest BCUT2D eigenvalue weighted by atomic mass is 9.78. The summed E-state index contributed by atoms with van der Waals surface area (Å²) in [5.74, 6) is 1.50. The Bertz CT molecular complexity index is 332. The fourth-order valence-corrected chi connectivity index (χ4v) is 2.52. The zero-order valence-corrected chi connectivity index (χ0v) is 9.74. The number of hydrogen-bond acceptors (Lipinski definition) is 0. The summed E-state index contributed by atoms with van der Waals surface area (Å²) in [7, 11) is 0. The molecule has 1 aliphatic carbocycles. The molecule has 2 unspecified atom stereocenters. The van der Waals surface area contributed by atoms with Crippen molar-refractivity contribution in [2.75, 3.05) is 0 Å². The number of benzene rings is 1. The number of rotatable bonds is 2. The van der Waals surface area contributed by atoms with E-state index >= 15 is 0 Å². The normalized spacial score (nSPS) is 25.5. The summed E-state index contributed by atoms with van der Waals surface area (Å²) in [6.45, 7) is 4.46. The van der Waals surface area contributed by atoms with Crippen LogP contribution in [0.1, 0.15) is 43.2 Å². The Morgan fingerprint density at radius 1 is 1.20 bits per heavy atom. The molecular weight excluding hydrogens is 180 g/mol. The lowest BCUT2D eigenvalue weighted by molar-refractivity contribution is 0.416. The molecule has 0 saturated carbocycles. The molecule has 1 aliphatic rings. The second-order valence-corrected chi connectivity index (χ2v) is 4.61. The van der Waals surface area contributed by atoms with Crippen LogP contribution in [0.5, 0.6) is 0 Å². The van der Waals surface area contributed by atoms with Crippen molar-refractivity contribution in [2.45, 2.75) is 39.0 Å². The predicted molar refractivity (Wildman–Crippen MR) is 66.1 cm³/mol. The lowest BCUT2D eigenvalue weighted by Crippen LogP contribution is -2.13. The molecule has 0 spiro atoms. The van der Waals surface area contributed by atoms with E-state index in [-0.39, 0.29) is 0 Å². The van der Waals surface area contributed by atoms with Crippen LogP contribution >= 0.6 is 0 Å². The molecule has 0 heteroatoms. The van der Waals surface area contributed by atoms with Gasteiger partial charge in [0, 0.05) is 5.92 Å². The van der Waals surface area contributed by atoms with Gasteiger partial charge in [-0.3, -0.25) is 0 Å². The quantitative estimate of drug-likeness (QED) is 0.618. The van der Waals surface area contributed by atoms with Crippen LogP contribution in [-0.4, -0.2) is 0 Å². The zero-order chi connectivity index (χ0) is 10.7. The van der Waals surface area contributed by atoms with Crippen LogP contribution in [-0.2, 0) is 0 Å². The van der Waals surface area contributed by atoms with Crippen LogP contribution in [0.2, 0.25) is 0 Å². The fraction of sp³-hybridized carbons (Fsp3) is 0.467. The average molecular weight is 200 g/mol. The molecule has 0 radical (unpaired) electrons. The minimum Gasteiger partial charge on any atom is -0.0879 e. The standard InChI is InChI=1S/C15H20/c1-3-13-6-4-5-7-15(13)14-10-8-12(2)9-11-14/h5,7-11,13,15H,3-4,6H2,1-2H3. The summed E-state index contributed by atoms with van der Waals surface area (Å²) < 4.78 is 0. The van der Waals surface area contributed by atoms with Gasteiger partial charge in [-0.15, -0.1) is 0 Å². The van der Waals surface area contributed by atoms with Gasteiger partial charge in [-0.25, -0.2) is 0 Å². The Morgan fingerprint density at radius 3 is 2.60 bits per heavy atom. The molecular formula is C15H20. The first-order chi connectivity index (χ1) is 7.31.